The maximum Gasteiger partial charge on any atom is 0.239 e. The molecule has 0 unspecified atom stereocenters. The van der Waals surface area contributed by atoms with Gasteiger partial charge in [0.2, 0.25) is 5.91 Å². The van der Waals surface area contributed by atoms with Crippen LogP contribution in [0.5, 0.6) is 0 Å². The largest absolute Gasteiger partial charge is 0.384 e. The van der Waals surface area contributed by atoms with Gasteiger partial charge in [0, 0.05) is 19.2 Å². The molecule has 0 bridgehead atoms. The third-order valence-corrected chi connectivity index (χ3v) is 2.43. The highest BCUT2D eigenvalue weighted by Gasteiger charge is 2.16. The van der Waals surface area contributed by atoms with Crippen molar-refractivity contribution >= 4 is 17.5 Å². The van der Waals surface area contributed by atoms with Crippen molar-refractivity contribution in [1.29, 1.82) is 0 Å². The minimum Gasteiger partial charge on any atom is -0.384 e. The van der Waals surface area contributed by atoms with Gasteiger partial charge in [0.15, 0.2) is 0 Å². The Balaban J connectivity index is 2.24. The zero-order valence-corrected chi connectivity index (χ0v) is 9.23. The molecule has 1 saturated heterocycles. The number of aryl methyl sites for hydroxylation is 1. The van der Waals surface area contributed by atoms with Crippen LogP contribution in [0.15, 0.2) is 6.07 Å². The van der Waals surface area contributed by atoms with Crippen molar-refractivity contribution < 1.29 is 4.79 Å². The number of carbonyl (C=O) groups is 1. The number of nitrogens with two attached hydrogens (primary N) is 1. The molecule has 1 fully saturated rings. The summed E-state index contributed by atoms with van der Waals surface area (Å²) in [4.78, 5) is 21.6. The molecule has 2 heterocycles. The van der Waals surface area contributed by atoms with Crippen molar-refractivity contribution in [1.82, 2.24) is 15.3 Å². The van der Waals surface area contributed by atoms with Gasteiger partial charge in [-0.15, -0.1) is 0 Å². The van der Waals surface area contributed by atoms with E-state index in [0.717, 1.165) is 25.3 Å². The number of aromatic nitrogens is 2. The van der Waals surface area contributed by atoms with Crippen LogP contribution in [0.25, 0.3) is 0 Å². The quantitative estimate of drug-likeness (QED) is 0.679. The Hall–Kier alpha value is -1.85. The fraction of sp³-hybridized carbons (Fsp3) is 0.500. The molecule has 3 N–H and O–H groups in total. The number of anilines is 2. The van der Waals surface area contributed by atoms with Gasteiger partial charge < -0.3 is 16.0 Å². The van der Waals surface area contributed by atoms with Crippen LogP contribution in [0.2, 0.25) is 0 Å². The molecule has 6 nitrogen and oxygen atoms in total. The zero-order valence-electron chi connectivity index (χ0n) is 9.23. The van der Waals surface area contributed by atoms with E-state index in [1.165, 1.54) is 0 Å². The zero-order chi connectivity index (χ0) is 11.5. The van der Waals surface area contributed by atoms with Crippen LogP contribution in [0.3, 0.4) is 0 Å². The minimum absolute atomic E-state index is 0.0207. The molecule has 0 aliphatic carbocycles. The van der Waals surface area contributed by atoms with Crippen molar-refractivity contribution in [3.8, 4) is 0 Å². The van der Waals surface area contributed by atoms with Crippen LogP contribution in [-0.4, -0.2) is 35.5 Å². The van der Waals surface area contributed by atoms with Crippen molar-refractivity contribution in [2.75, 3.05) is 30.3 Å². The summed E-state index contributed by atoms with van der Waals surface area (Å²) < 4.78 is 0. The van der Waals surface area contributed by atoms with Crippen LogP contribution in [0.1, 0.15) is 12.2 Å². The van der Waals surface area contributed by atoms with Gasteiger partial charge in [-0.1, -0.05) is 0 Å². The molecule has 0 atom stereocenters. The van der Waals surface area contributed by atoms with E-state index < -0.39 is 0 Å². The lowest BCUT2D eigenvalue weighted by Gasteiger charge is -2.20. The summed E-state index contributed by atoms with van der Waals surface area (Å²) in [6.07, 6.45) is 0.911. The molecule has 6 heteroatoms. The second kappa shape index (κ2) is 4.34. The Kier molecular flexibility index (Phi) is 2.89. The van der Waals surface area contributed by atoms with E-state index in [-0.39, 0.29) is 5.91 Å². The Morgan fingerprint density at radius 3 is 3.06 bits per heavy atom. The normalized spacial score (nSPS) is 16.8. The molecule has 0 radical (unpaired) electrons. The highest BCUT2D eigenvalue weighted by atomic mass is 16.2. The molecule has 0 spiro atoms. The molecule has 1 amide bonds. The Morgan fingerprint density at radius 2 is 2.31 bits per heavy atom. The first-order chi connectivity index (χ1) is 7.65. The van der Waals surface area contributed by atoms with E-state index >= 15 is 0 Å². The van der Waals surface area contributed by atoms with E-state index in [1.807, 2.05) is 4.90 Å². The number of hydrogen-bond donors (Lipinski definition) is 2. The predicted octanol–water partition coefficient (Wildman–Crippen LogP) is -0.306. The summed E-state index contributed by atoms with van der Waals surface area (Å²) >= 11 is 0. The number of rotatable bonds is 1. The highest BCUT2D eigenvalue weighted by molar-refractivity contribution is 5.81. The molecule has 0 saturated carbocycles. The summed E-state index contributed by atoms with van der Waals surface area (Å²) in [5.74, 6) is 1.81. The fourth-order valence-electron chi connectivity index (χ4n) is 1.74. The molecule has 1 aliphatic heterocycles. The molecule has 0 aromatic carbocycles. The fourth-order valence-corrected chi connectivity index (χ4v) is 1.74. The Morgan fingerprint density at radius 1 is 1.50 bits per heavy atom. The smallest absolute Gasteiger partial charge is 0.239 e. The van der Waals surface area contributed by atoms with Crippen LogP contribution in [0, 0.1) is 6.92 Å². The van der Waals surface area contributed by atoms with Crippen LogP contribution < -0.4 is 16.0 Å². The van der Waals surface area contributed by atoms with Gasteiger partial charge in [0.25, 0.3) is 0 Å². The van der Waals surface area contributed by atoms with Crippen molar-refractivity contribution in [3.63, 3.8) is 0 Å². The summed E-state index contributed by atoms with van der Waals surface area (Å²) in [5, 5.41) is 2.82. The van der Waals surface area contributed by atoms with E-state index in [4.69, 9.17) is 5.73 Å². The van der Waals surface area contributed by atoms with Gasteiger partial charge in [-0.25, -0.2) is 9.97 Å². The highest BCUT2D eigenvalue weighted by Crippen LogP contribution is 2.14. The third-order valence-electron chi connectivity index (χ3n) is 2.43. The van der Waals surface area contributed by atoms with Gasteiger partial charge in [-0.3, -0.25) is 4.79 Å². The molecular weight excluding hydrogens is 206 g/mol. The summed E-state index contributed by atoms with van der Waals surface area (Å²) in [5.41, 5.74) is 5.66. The van der Waals surface area contributed by atoms with E-state index in [2.05, 4.69) is 15.3 Å². The lowest BCUT2D eigenvalue weighted by Crippen LogP contribution is -2.33. The van der Waals surface area contributed by atoms with E-state index in [1.54, 1.807) is 13.0 Å². The number of amides is 1. The van der Waals surface area contributed by atoms with E-state index in [9.17, 15) is 4.79 Å². The Labute approximate surface area is 93.9 Å². The van der Waals surface area contributed by atoms with Crippen LogP contribution in [-0.2, 0) is 4.79 Å². The summed E-state index contributed by atoms with van der Waals surface area (Å²) in [6, 6.07) is 1.70. The van der Waals surface area contributed by atoms with Gasteiger partial charge in [0.05, 0.1) is 6.54 Å². The number of nitrogens with zero attached hydrogens (tertiary/aromatic N) is 3. The number of nitrogen functional groups attached to an aromatic ring is 1. The average Bonchev–Trinajstić information content (AvgIpc) is 2.41. The number of hydrogen-bond acceptors (Lipinski definition) is 5. The topological polar surface area (TPSA) is 84.1 Å². The molecule has 16 heavy (non-hydrogen) atoms. The number of nitrogens with one attached hydrogen (secondary N) is 1. The predicted molar refractivity (Wildman–Crippen MR) is 61.0 cm³/mol. The SMILES string of the molecule is Cc1nc(N)cc(N2CCCNC(=O)C2)n1. The lowest BCUT2D eigenvalue weighted by molar-refractivity contribution is -0.119. The average molecular weight is 221 g/mol. The Bertz CT molecular complexity index is 386. The molecular formula is C10H15N5O. The van der Waals surface area contributed by atoms with E-state index in [0.29, 0.717) is 18.2 Å². The molecule has 86 valence electrons. The van der Waals surface area contributed by atoms with Gasteiger partial charge in [-0.05, 0) is 13.3 Å². The van der Waals surface area contributed by atoms with Crippen molar-refractivity contribution in [2.24, 2.45) is 0 Å². The monoisotopic (exact) mass is 221 g/mol. The van der Waals surface area contributed by atoms with Gasteiger partial charge in [-0.2, -0.15) is 0 Å². The van der Waals surface area contributed by atoms with Crippen molar-refractivity contribution in [3.05, 3.63) is 11.9 Å². The van der Waals surface area contributed by atoms with Gasteiger partial charge >= 0.3 is 0 Å². The van der Waals surface area contributed by atoms with Crippen LogP contribution in [0.4, 0.5) is 11.6 Å². The molecule has 1 aliphatic rings. The standard InChI is InChI=1S/C10H15N5O/c1-7-13-8(11)5-9(14-7)15-4-2-3-12-10(16)6-15/h5H,2-4,6H2,1H3,(H,12,16)(H2,11,13,14). The first-order valence-electron chi connectivity index (χ1n) is 5.28. The molecule has 1 aromatic rings. The lowest BCUT2D eigenvalue weighted by atomic mass is 10.3. The maximum atomic E-state index is 11.4. The summed E-state index contributed by atoms with van der Waals surface area (Å²) in [7, 11) is 0. The molecule has 2 rings (SSSR count). The minimum atomic E-state index is 0.0207. The van der Waals surface area contributed by atoms with Crippen molar-refractivity contribution in [2.45, 2.75) is 13.3 Å². The first kappa shape index (κ1) is 10.7. The summed E-state index contributed by atoms with van der Waals surface area (Å²) in [6.45, 7) is 3.64. The second-order valence-corrected chi connectivity index (χ2v) is 3.82. The van der Waals surface area contributed by atoms with Crippen LogP contribution >= 0.6 is 0 Å². The second-order valence-electron chi connectivity index (χ2n) is 3.82. The maximum absolute atomic E-state index is 11.4. The molecule has 1 aromatic heterocycles. The third kappa shape index (κ3) is 2.39. The number of carbonyl (C=O) groups excluding carboxylic acids is 1. The first-order valence-corrected chi connectivity index (χ1v) is 5.28. The van der Waals surface area contributed by atoms with Gasteiger partial charge in [0.1, 0.15) is 17.5 Å².